The largest absolute Gasteiger partial charge is 0.360 e. The van der Waals surface area contributed by atoms with Gasteiger partial charge in [-0.15, -0.1) is 10.2 Å². The second-order valence-electron chi connectivity index (χ2n) is 8.08. The molecule has 7 nitrogen and oxygen atoms in total. The van der Waals surface area contributed by atoms with Crippen molar-refractivity contribution in [1.29, 1.82) is 5.26 Å². The number of benzene rings is 3. The first kappa shape index (κ1) is 24.6. The maximum atomic E-state index is 13.4. The molecule has 0 unspecified atom stereocenters. The fourth-order valence-corrected chi connectivity index (χ4v) is 4.96. The first-order valence-electron chi connectivity index (χ1n) is 11.4. The summed E-state index contributed by atoms with van der Waals surface area (Å²) in [5.74, 6) is 0.0371. The second kappa shape index (κ2) is 10.9. The Morgan fingerprint density at radius 3 is 2.59 bits per heavy atom. The average Bonchev–Trinajstić information content (AvgIpc) is 3.53. The summed E-state index contributed by atoms with van der Waals surface area (Å²) in [4.78, 5) is 18.0. The van der Waals surface area contributed by atoms with Crippen LogP contribution < -0.4 is 4.90 Å². The number of nitriles is 1. The maximum Gasteiger partial charge on any atom is 0.237 e. The molecule has 5 rings (SSSR count). The highest BCUT2D eigenvalue weighted by molar-refractivity contribution is 7.99. The van der Waals surface area contributed by atoms with E-state index in [-0.39, 0.29) is 24.6 Å². The molecule has 3 aromatic carbocycles. The summed E-state index contributed by atoms with van der Waals surface area (Å²) in [5.41, 5.74) is 3.17. The number of aromatic amines is 1. The number of para-hydroxylation sites is 1. The number of hydrogen-bond donors (Lipinski definition) is 1. The smallest absolute Gasteiger partial charge is 0.237 e. The van der Waals surface area contributed by atoms with E-state index < -0.39 is 5.82 Å². The highest BCUT2D eigenvalue weighted by Crippen LogP contribution is 2.33. The van der Waals surface area contributed by atoms with Crippen LogP contribution in [0.1, 0.15) is 6.42 Å². The molecule has 0 bridgehead atoms. The van der Waals surface area contributed by atoms with Gasteiger partial charge in [0.15, 0.2) is 11.0 Å². The van der Waals surface area contributed by atoms with E-state index in [2.05, 4.69) is 21.3 Å². The molecular weight excluding hydrogens is 511 g/mol. The Bertz CT molecular complexity index is 1590. The Labute approximate surface area is 221 Å². The minimum Gasteiger partial charge on any atom is -0.360 e. The summed E-state index contributed by atoms with van der Waals surface area (Å²) in [6.07, 6.45) is 2.04. The van der Waals surface area contributed by atoms with Gasteiger partial charge in [0, 0.05) is 45.6 Å². The fraction of sp³-hybridized carbons (Fsp3) is 0.111. The number of thioether (sulfide) groups is 1. The van der Waals surface area contributed by atoms with Crippen LogP contribution in [0.15, 0.2) is 84.1 Å². The maximum absolute atomic E-state index is 13.4. The number of nitrogens with one attached hydrogen (secondary N) is 1. The van der Waals surface area contributed by atoms with Crippen LogP contribution >= 0.6 is 23.4 Å². The number of carbonyl (C=O) groups excluding carboxylic acids is 1. The minimum absolute atomic E-state index is 0.0441. The van der Waals surface area contributed by atoms with Crippen molar-refractivity contribution in [3.63, 3.8) is 0 Å². The van der Waals surface area contributed by atoms with E-state index >= 15 is 0 Å². The average molecular weight is 531 g/mol. The molecule has 10 heteroatoms. The predicted octanol–water partition coefficient (Wildman–Crippen LogP) is 6.25. The predicted molar refractivity (Wildman–Crippen MR) is 143 cm³/mol. The normalized spacial score (nSPS) is 10.9. The molecule has 0 fully saturated rings. The van der Waals surface area contributed by atoms with Gasteiger partial charge in [0.1, 0.15) is 5.82 Å². The van der Waals surface area contributed by atoms with Crippen molar-refractivity contribution in [2.45, 2.75) is 11.6 Å². The lowest BCUT2D eigenvalue weighted by Gasteiger charge is -2.21. The van der Waals surface area contributed by atoms with Crippen molar-refractivity contribution >= 4 is 45.9 Å². The number of rotatable bonds is 8. The summed E-state index contributed by atoms with van der Waals surface area (Å²) in [5, 5.41) is 20.1. The number of hydrogen-bond acceptors (Lipinski definition) is 5. The molecule has 0 radical (unpaired) electrons. The molecular formula is C27H20ClFN6OS. The fourth-order valence-electron chi connectivity index (χ4n) is 4.00. The van der Waals surface area contributed by atoms with Crippen LogP contribution in [0.25, 0.3) is 28.0 Å². The monoisotopic (exact) mass is 530 g/mol. The zero-order valence-electron chi connectivity index (χ0n) is 19.4. The summed E-state index contributed by atoms with van der Waals surface area (Å²) >= 11 is 7.37. The van der Waals surface area contributed by atoms with Gasteiger partial charge < -0.3 is 9.88 Å². The van der Waals surface area contributed by atoms with Crippen LogP contribution in [-0.4, -0.2) is 38.0 Å². The van der Waals surface area contributed by atoms with E-state index in [0.29, 0.717) is 21.7 Å². The third kappa shape index (κ3) is 5.21. The van der Waals surface area contributed by atoms with Crippen LogP contribution in [0.2, 0.25) is 5.02 Å². The van der Waals surface area contributed by atoms with Gasteiger partial charge in [-0.1, -0.05) is 41.6 Å². The van der Waals surface area contributed by atoms with E-state index in [4.69, 9.17) is 16.9 Å². The van der Waals surface area contributed by atoms with Crippen LogP contribution in [0.4, 0.5) is 10.1 Å². The molecule has 37 heavy (non-hydrogen) atoms. The van der Waals surface area contributed by atoms with E-state index in [1.807, 2.05) is 47.2 Å². The van der Waals surface area contributed by atoms with Crippen molar-refractivity contribution in [1.82, 2.24) is 19.7 Å². The SMILES string of the molecule is N#CCCN(C(=O)CSc1nnc(-c2c[nH]c3ccccc23)n1-c1ccc(Cl)cc1)c1ccc(F)cc1. The van der Waals surface area contributed by atoms with Gasteiger partial charge >= 0.3 is 0 Å². The molecule has 2 aromatic heterocycles. The molecule has 0 aliphatic heterocycles. The standard InChI is InChI=1S/C27H20ClFN6OS/c28-18-6-10-21(11-7-18)35-26(23-16-31-24-5-2-1-4-22(23)24)32-33-27(35)37-17-25(36)34(15-3-14-30)20-12-8-19(29)9-13-20/h1-2,4-13,16,31H,3,15,17H2. The van der Waals surface area contributed by atoms with E-state index in [0.717, 1.165) is 22.2 Å². The number of aromatic nitrogens is 4. The lowest BCUT2D eigenvalue weighted by Crippen LogP contribution is -2.33. The van der Waals surface area contributed by atoms with Gasteiger partial charge in [-0.05, 0) is 54.6 Å². The molecule has 2 heterocycles. The lowest BCUT2D eigenvalue weighted by molar-refractivity contribution is -0.116. The van der Waals surface area contributed by atoms with Gasteiger partial charge in [-0.3, -0.25) is 9.36 Å². The van der Waals surface area contributed by atoms with E-state index in [9.17, 15) is 9.18 Å². The summed E-state index contributed by atoms with van der Waals surface area (Å²) in [6.45, 7) is 0.200. The number of H-pyrrole nitrogens is 1. The van der Waals surface area contributed by atoms with Crippen molar-refractivity contribution in [3.8, 4) is 23.1 Å². The van der Waals surface area contributed by atoms with Gasteiger partial charge in [-0.2, -0.15) is 5.26 Å². The second-order valence-corrected chi connectivity index (χ2v) is 9.46. The molecule has 184 valence electrons. The summed E-state index contributed by atoms with van der Waals surface area (Å²) in [6, 6.07) is 22.9. The van der Waals surface area contributed by atoms with Crippen LogP contribution in [0.3, 0.4) is 0 Å². The van der Waals surface area contributed by atoms with E-state index in [1.54, 1.807) is 12.1 Å². The highest BCUT2D eigenvalue weighted by Gasteiger charge is 2.22. The Balaban J connectivity index is 1.48. The lowest BCUT2D eigenvalue weighted by atomic mass is 10.1. The molecule has 5 aromatic rings. The Morgan fingerprint density at radius 1 is 1.08 bits per heavy atom. The topological polar surface area (TPSA) is 90.6 Å². The first-order valence-corrected chi connectivity index (χ1v) is 12.7. The molecule has 0 aliphatic rings. The molecule has 0 spiro atoms. The zero-order valence-corrected chi connectivity index (χ0v) is 21.0. The molecule has 0 atom stereocenters. The van der Waals surface area contributed by atoms with Crippen molar-refractivity contribution < 1.29 is 9.18 Å². The third-order valence-corrected chi connectivity index (χ3v) is 6.93. The zero-order chi connectivity index (χ0) is 25.8. The first-order chi connectivity index (χ1) is 18.0. The number of nitrogens with zero attached hydrogens (tertiary/aromatic N) is 5. The number of amides is 1. The Kier molecular flexibility index (Phi) is 7.21. The van der Waals surface area contributed by atoms with Crippen LogP contribution in [-0.2, 0) is 4.79 Å². The van der Waals surface area contributed by atoms with Crippen molar-refractivity contribution in [2.75, 3.05) is 17.2 Å². The quantitative estimate of drug-likeness (QED) is 0.239. The molecule has 0 saturated heterocycles. The van der Waals surface area contributed by atoms with Crippen molar-refractivity contribution in [2.24, 2.45) is 0 Å². The van der Waals surface area contributed by atoms with Gasteiger partial charge in [-0.25, -0.2) is 4.39 Å². The van der Waals surface area contributed by atoms with Crippen molar-refractivity contribution in [3.05, 3.63) is 89.8 Å². The molecule has 0 aliphatic carbocycles. The summed E-state index contributed by atoms with van der Waals surface area (Å²) in [7, 11) is 0. The summed E-state index contributed by atoms with van der Waals surface area (Å²) < 4.78 is 15.3. The molecule has 1 N–H and O–H groups in total. The van der Waals surface area contributed by atoms with Gasteiger partial charge in [0.05, 0.1) is 18.2 Å². The Morgan fingerprint density at radius 2 is 1.84 bits per heavy atom. The number of carbonyl (C=O) groups is 1. The molecule has 0 saturated carbocycles. The Hall–Kier alpha value is -4.13. The molecule has 1 amide bonds. The minimum atomic E-state index is -0.397. The van der Waals surface area contributed by atoms with Gasteiger partial charge in [0.2, 0.25) is 5.91 Å². The number of halogens is 2. The third-order valence-electron chi connectivity index (χ3n) is 5.76. The highest BCUT2D eigenvalue weighted by atomic mass is 35.5. The number of anilines is 1. The van der Waals surface area contributed by atoms with E-state index in [1.165, 1.54) is 40.9 Å². The van der Waals surface area contributed by atoms with Gasteiger partial charge in [0.25, 0.3) is 0 Å². The number of fused-ring (bicyclic) bond motifs is 1. The van der Waals surface area contributed by atoms with Crippen LogP contribution in [0.5, 0.6) is 0 Å². The van der Waals surface area contributed by atoms with Crippen LogP contribution in [0, 0.1) is 17.1 Å².